The van der Waals surface area contributed by atoms with Gasteiger partial charge in [-0.25, -0.2) is 0 Å². The number of benzene rings is 1. The first-order chi connectivity index (χ1) is 7.90. The average Bonchev–Trinajstić information content (AvgIpc) is 2.25. The van der Waals surface area contributed by atoms with E-state index in [1.165, 1.54) is 12.1 Å². The minimum Gasteiger partial charge on any atom is -0.309 e. The molecule has 0 aliphatic carbocycles. The van der Waals surface area contributed by atoms with Crippen LogP contribution in [0.25, 0.3) is 0 Å². The minimum absolute atomic E-state index is 0.243. The van der Waals surface area contributed by atoms with E-state index in [9.17, 15) is 20.2 Å². The fourth-order valence-corrected chi connectivity index (χ4v) is 1.36. The van der Waals surface area contributed by atoms with Crippen LogP contribution < -0.4 is 0 Å². The molecule has 0 fully saturated rings. The summed E-state index contributed by atoms with van der Waals surface area (Å²) in [5, 5.41) is 21.3. The second-order valence-corrected chi connectivity index (χ2v) is 3.93. The lowest BCUT2D eigenvalue weighted by Gasteiger charge is -2.08. The molecule has 0 radical (unpaired) electrons. The Morgan fingerprint density at radius 1 is 1.06 bits per heavy atom. The molecule has 0 bridgehead atoms. The van der Waals surface area contributed by atoms with Crippen LogP contribution in [0.2, 0.25) is 0 Å². The molecule has 17 heavy (non-hydrogen) atoms. The van der Waals surface area contributed by atoms with E-state index in [2.05, 4.69) is 0 Å². The number of likely N-dealkylation sites (N-methyl/N-ethyl adjacent to an activating group) is 1. The number of hydrogen-bond donors (Lipinski definition) is 0. The van der Waals surface area contributed by atoms with Gasteiger partial charge < -0.3 is 4.90 Å². The van der Waals surface area contributed by atoms with Crippen molar-refractivity contribution in [2.75, 3.05) is 20.6 Å². The van der Waals surface area contributed by atoms with Gasteiger partial charge in [-0.1, -0.05) is 0 Å². The molecule has 7 nitrogen and oxygen atoms in total. The average molecular weight is 239 g/mol. The topological polar surface area (TPSA) is 89.5 Å². The number of nitro groups is 2. The van der Waals surface area contributed by atoms with Gasteiger partial charge in [0.1, 0.15) is 0 Å². The third kappa shape index (κ3) is 3.80. The Morgan fingerprint density at radius 2 is 1.53 bits per heavy atom. The first-order valence-corrected chi connectivity index (χ1v) is 4.97. The summed E-state index contributed by atoms with van der Waals surface area (Å²) in [7, 11) is 3.73. The van der Waals surface area contributed by atoms with E-state index in [0.717, 1.165) is 6.07 Å². The van der Waals surface area contributed by atoms with Gasteiger partial charge in [0.25, 0.3) is 11.4 Å². The first-order valence-electron chi connectivity index (χ1n) is 4.97. The number of nitro benzene ring substituents is 2. The van der Waals surface area contributed by atoms with E-state index in [0.29, 0.717) is 18.5 Å². The van der Waals surface area contributed by atoms with E-state index in [1.807, 2.05) is 19.0 Å². The van der Waals surface area contributed by atoms with Crippen molar-refractivity contribution in [2.45, 2.75) is 6.42 Å². The normalized spacial score (nSPS) is 10.5. The third-order valence-corrected chi connectivity index (χ3v) is 2.23. The molecule has 92 valence electrons. The van der Waals surface area contributed by atoms with E-state index in [-0.39, 0.29) is 11.4 Å². The lowest BCUT2D eigenvalue weighted by Crippen LogP contribution is -2.15. The second kappa shape index (κ2) is 5.35. The van der Waals surface area contributed by atoms with Crippen molar-refractivity contribution in [1.82, 2.24) is 4.90 Å². The zero-order valence-corrected chi connectivity index (χ0v) is 9.62. The van der Waals surface area contributed by atoms with Crippen molar-refractivity contribution in [1.29, 1.82) is 0 Å². The molecule has 0 aliphatic heterocycles. The summed E-state index contributed by atoms with van der Waals surface area (Å²) in [6, 6.07) is 3.71. The lowest BCUT2D eigenvalue weighted by atomic mass is 10.1. The Morgan fingerprint density at radius 3 is 1.88 bits per heavy atom. The smallest absolute Gasteiger partial charge is 0.276 e. The van der Waals surface area contributed by atoms with Crippen LogP contribution in [-0.2, 0) is 6.42 Å². The summed E-state index contributed by atoms with van der Waals surface area (Å²) in [5.74, 6) is 0. The van der Waals surface area contributed by atoms with Crippen LogP contribution in [0.5, 0.6) is 0 Å². The Hall–Kier alpha value is -2.02. The molecule has 0 N–H and O–H groups in total. The van der Waals surface area contributed by atoms with Gasteiger partial charge in [0.2, 0.25) is 0 Å². The third-order valence-electron chi connectivity index (χ3n) is 2.23. The Balaban J connectivity index is 3.04. The summed E-state index contributed by atoms with van der Waals surface area (Å²) >= 11 is 0. The Kier molecular flexibility index (Phi) is 4.11. The van der Waals surface area contributed by atoms with Crippen LogP contribution in [0.1, 0.15) is 5.56 Å². The lowest BCUT2D eigenvalue weighted by molar-refractivity contribution is -0.394. The van der Waals surface area contributed by atoms with Crippen LogP contribution >= 0.6 is 0 Å². The first kappa shape index (κ1) is 13.0. The summed E-state index contributed by atoms with van der Waals surface area (Å²) in [6.07, 6.45) is 0.537. The molecule has 0 saturated carbocycles. The standard InChI is InChI=1S/C10H13N3O4/c1-11(2)4-3-8-5-9(12(14)15)7-10(6-8)13(16)17/h5-7H,3-4H2,1-2H3. The van der Waals surface area contributed by atoms with Crippen LogP contribution in [0.4, 0.5) is 11.4 Å². The zero-order valence-electron chi connectivity index (χ0n) is 9.62. The van der Waals surface area contributed by atoms with Gasteiger partial charge >= 0.3 is 0 Å². The molecule has 1 aromatic carbocycles. The Labute approximate surface area is 98.0 Å². The molecular formula is C10H13N3O4. The summed E-state index contributed by atoms with van der Waals surface area (Å²) < 4.78 is 0. The molecular weight excluding hydrogens is 226 g/mol. The van der Waals surface area contributed by atoms with Gasteiger partial charge in [-0.3, -0.25) is 20.2 Å². The Bertz CT molecular complexity index is 413. The predicted molar refractivity (Wildman–Crippen MR) is 62.0 cm³/mol. The molecule has 0 unspecified atom stereocenters. The summed E-state index contributed by atoms with van der Waals surface area (Å²) in [5.41, 5.74) is 0.112. The number of rotatable bonds is 5. The van der Waals surface area contributed by atoms with Crippen LogP contribution in [0.3, 0.4) is 0 Å². The monoisotopic (exact) mass is 239 g/mol. The van der Waals surface area contributed by atoms with Gasteiger partial charge in [-0.15, -0.1) is 0 Å². The summed E-state index contributed by atoms with van der Waals surface area (Å²) in [4.78, 5) is 21.9. The highest BCUT2D eigenvalue weighted by Gasteiger charge is 2.16. The second-order valence-electron chi connectivity index (χ2n) is 3.93. The largest absolute Gasteiger partial charge is 0.309 e. The van der Waals surface area contributed by atoms with E-state index >= 15 is 0 Å². The van der Waals surface area contributed by atoms with Crippen molar-refractivity contribution in [3.05, 3.63) is 44.0 Å². The molecule has 0 aromatic heterocycles. The maximum atomic E-state index is 10.6. The maximum absolute atomic E-state index is 10.6. The van der Waals surface area contributed by atoms with E-state index < -0.39 is 9.85 Å². The fraction of sp³-hybridized carbons (Fsp3) is 0.400. The fourth-order valence-electron chi connectivity index (χ4n) is 1.36. The molecule has 0 aliphatic rings. The summed E-state index contributed by atoms with van der Waals surface area (Å²) in [6.45, 7) is 0.679. The van der Waals surface area contributed by atoms with E-state index in [4.69, 9.17) is 0 Å². The number of hydrogen-bond acceptors (Lipinski definition) is 5. The van der Waals surface area contributed by atoms with Crippen molar-refractivity contribution in [3.8, 4) is 0 Å². The molecule has 1 rings (SSSR count). The molecule has 1 aromatic rings. The minimum atomic E-state index is -0.619. The highest BCUT2D eigenvalue weighted by atomic mass is 16.6. The van der Waals surface area contributed by atoms with Gasteiger partial charge in [-0.2, -0.15) is 0 Å². The molecule has 0 saturated heterocycles. The van der Waals surface area contributed by atoms with Crippen LogP contribution in [0.15, 0.2) is 18.2 Å². The zero-order chi connectivity index (χ0) is 13.0. The van der Waals surface area contributed by atoms with E-state index in [1.54, 1.807) is 0 Å². The predicted octanol–water partition coefficient (Wildman–Crippen LogP) is 1.61. The van der Waals surface area contributed by atoms with Crippen LogP contribution in [-0.4, -0.2) is 35.4 Å². The van der Waals surface area contributed by atoms with Crippen molar-refractivity contribution in [2.24, 2.45) is 0 Å². The van der Waals surface area contributed by atoms with Gasteiger partial charge in [0.05, 0.1) is 15.9 Å². The SMILES string of the molecule is CN(C)CCc1cc([N+](=O)[O-])cc([N+](=O)[O-])c1. The maximum Gasteiger partial charge on any atom is 0.276 e. The van der Waals surface area contributed by atoms with Gasteiger partial charge in [0.15, 0.2) is 0 Å². The number of non-ortho nitro benzene ring substituents is 2. The highest BCUT2D eigenvalue weighted by molar-refractivity contribution is 5.46. The number of nitrogens with zero attached hydrogens (tertiary/aromatic N) is 3. The molecule has 0 atom stereocenters. The van der Waals surface area contributed by atoms with Crippen molar-refractivity contribution in [3.63, 3.8) is 0 Å². The van der Waals surface area contributed by atoms with Crippen molar-refractivity contribution < 1.29 is 9.85 Å². The quantitative estimate of drug-likeness (QED) is 0.575. The van der Waals surface area contributed by atoms with Crippen molar-refractivity contribution >= 4 is 11.4 Å². The molecule has 7 heteroatoms. The molecule has 0 spiro atoms. The van der Waals surface area contributed by atoms with Crippen LogP contribution in [0, 0.1) is 20.2 Å². The van der Waals surface area contributed by atoms with Gasteiger partial charge in [0, 0.05) is 18.7 Å². The molecule has 0 heterocycles. The highest BCUT2D eigenvalue weighted by Crippen LogP contribution is 2.22. The van der Waals surface area contributed by atoms with Gasteiger partial charge in [-0.05, 0) is 26.1 Å². The molecule has 0 amide bonds.